The zero-order valence-electron chi connectivity index (χ0n) is 12.0. The number of benzene rings is 1. The van der Waals surface area contributed by atoms with Gasteiger partial charge >= 0.3 is 0 Å². The quantitative estimate of drug-likeness (QED) is 0.651. The van der Waals surface area contributed by atoms with E-state index in [0.29, 0.717) is 18.7 Å². The highest BCUT2D eigenvalue weighted by atomic mass is 16.3. The second-order valence-corrected chi connectivity index (χ2v) is 5.62. The van der Waals surface area contributed by atoms with Crippen molar-refractivity contribution < 1.29 is 9.90 Å². The fraction of sp³-hybridized carbons (Fsp3) is 0.533. The number of carbonyl (C=O) groups is 1. The van der Waals surface area contributed by atoms with Gasteiger partial charge in [0.2, 0.25) is 0 Å². The first-order valence-corrected chi connectivity index (χ1v) is 6.61. The third-order valence-electron chi connectivity index (χ3n) is 2.93. The third-order valence-corrected chi connectivity index (χ3v) is 2.93. The summed E-state index contributed by atoms with van der Waals surface area (Å²) in [6.45, 7) is 8.12. The molecule has 106 valence electrons. The van der Waals surface area contributed by atoms with Gasteiger partial charge < -0.3 is 15.7 Å². The molecule has 1 aromatic rings. The lowest BCUT2D eigenvalue weighted by Crippen LogP contribution is -2.37. The van der Waals surface area contributed by atoms with Crippen molar-refractivity contribution in [3.63, 3.8) is 0 Å². The summed E-state index contributed by atoms with van der Waals surface area (Å²) in [6, 6.07) is 7.51. The van der Waals surface area contributed by atoms with Gasteiger partial charge in [-0.3, -0.25) is 4.79 Å². The molecule has 0 aliphatic carbocycles. The van der Waals surface area contributed by atoms with E-state index < -0.39 is 0 Å². The molecule has 4 nitrogen and oxygen atoms in total. The minimum atomic E-state index is -0.124. The van der Waals surface area contributed by atoms with Crippen LogP contribution in [0.5, 0.6) is 0 Å². The molecular formula is C15H24N2O2. The summed E-state index contributed by atoms with van der Waals surface area (Å²) >= 11 is 0. The Morgan fingerprint density at radius 3 is 2.42 bits per heavy atom. The lowest BCUT2D eigenvalue weighted by Gasteiger charge is -2.21. The van der Waals surface area contributed by atoms with Gasteiger partial charge in [0.1, 0.15) is 0 Å². The van der Waals surface area contributed by atoms with Crippen molar-refractivity contribution in [2.75, 3.05) is 26.2 Å². The highest BCUT2D eigenvalue weighted by Crippen LogP contribution is 2.10. The van der Waals surface area contributed by atoms with Crippen LogP contribution in [0.3, 0.4) is 0 Å². The first-order chi connectivity index (χ1) is 8.94. The second kappa shape index (κ2) is 7.26. The van der Waals surface area contributed by atoms with E-state index in [9.17, 15) is 4.79 Å². The fourth-order valence-electron chi connectivity index (χ4n) is 1.55. The van der Waals surface area contributed by atoms with Crippen molar-refractivity contribution in [1.29, 1.82) is 0 Å². The number of rotatable bonds is 7. The first-order valence-electron chi connectivity index (χ1n) is 6.61. The molecule has 19 heavy (non-hydrogen) atoms. The van der Waals surface area contributed by atoms with Crippen LogP contribution >= 0.6 is 0 Å². The van der Waals surface area contributed by atoms with Crippen molar-refractivity contribution >= 4 is 5.91 Å². The van der Waals surface area contributed by atoms with Crippen LogP contribution < -0.4 is 10.6 Å². The summed E-state index contributed by atoms with van der Waals surface area (Å²) in [5.74, 6) is -0.0526. The Hall–Kier alpha value is -1.39. The van der Waals surface area contributed by atoms with E-state index in [2.05, 4.69) is 10.6 Å². The van der Waals surface area contributed by atoms with E-state index >= 15 is 0 Å². The molecule has 0 aromatic heterocycles. The van der Waals surface area contributed by atoms with Gasteiger partial charge in [0.05, 0.1) is 0 Å². The predicted octanol–water partition coefficient (Wildman–Crippen LogP) is 1.33. The molecule has 1 rings (SSSR count). The number of amides is 1. The zero-order valence-corrected chi connectivity index (χ0v) is 12.0. The SMILES string of the molecule is Cc1ccc(C(=O)NCCNCC(C)(C)CO)cc1. The molecule has 0 radical (unpaired) electrons. The largest absolute Gasteiger partial charge is 0.396 e. The van der Waals surface area contributed by atoms with Crippen LogP contribution in [0.25, 0.3) is 0 Å². The first kappa shape index (κ1) is 15.7. The number of hydrogen-bond acceptors (Lipinski definition) is 3. The molecule has 0 spiro atoms. The molecule has 0 atom stereocenters. The summed E-state index contributed by atoms with van der Waals surface area (Å²) in [7, 11) is 0. The molecule has 4 heteroatoms. The van der Waals surface area contributed by atoms with Crippen molar-refractivity contribution in [3.8, 4) is 0 Å². The Morgan fingerprint density at radius 2 is 1.84 bits per heavy atom. The average Bonchev–Trinajstić information content (AvgIpc) is 2.39. The molecule has 0 aliphatic heterocycles. The Kier molecular flexibility index (Phi) is 5.99. The Bertz CT molecular complexity index is 399. The number of nitrogens with one attached hydrogen (secondary N) is 2. The lowest BCUT2D eigenvalue weighted by atomic mass is 9.95. The smallest absolute Gasteiger partial charge is 0.251 e. The van der Waals surface area contributed by atoms with E-state index in [4.69, 9.17) is 5.11 Å². The lowest BCUT2D eigenvalue weighted by molar-refractivity contribution is 0.0953. The average molecular weight is 264 g/mol. The van der Waals surface area contributed by atoms with Crippen LogP contribution in [0.4, 0.5) is 0 Å². The molecule has 1 aromatic carbocycles. The second-order valence-electron chi connectivity index (χ2n) is 5.62. The number of hydrogen-bond donors (Lipinski definition) is 3. The number of aliphatic hydroxyl groups excluding tert-OH is 1. The summed E-state index contributed by atoms with van der Waals surface area (Å²) in [6.07, 6.45) is 0. The van der Waals surface area contributed by atoms with Crippen LogP contribution in [-0.2, 0) is 0 Å². The van der Waals surface area contributed by atoms with Crippen LogP contribution in [-0.4, -0.2) is 37.3 Å². The van der Waals surface area contributed by atoms with Gasteiger partial charge in [-0.05, 0) is 19.1 Å². The van der Waals surface area contributed by atoms with E-state index in [1.165, 1.54) is 0 Å². The Balaban J connectivity index is 2.23. The molecular weight excluding hydrogens is 240 g/mol. The minimum Gasteiger partial charge on any atom is -0.396 e. The Morgan fingerprint density at radius 1 is 1.21 bits per heavy atom. The normalized spacial score (nSPS) is 11.4. The monoisotopic (exact) mass is 264 g/mol. The van der Waals surface area contributed by atoms with Gasteiger partial charge in [0.25, 0.3) is 5.91 Å². The molecule has 0 bridgehead atoms. The van der Waals surface area contributed by atoms with Crippen LogP contribution in [0.15, 0.2) is 24.3 Å². The number of aryl methyl sites for hydroxylation is 1. The van der Waals surface area contributed by atoms with Gasteiger partial charge in [-0.15, -0.1) is 0 Å². The highest BCUT2D eigenvalue weighted by molar-refractivity contribution is 5.94. The van der Waals surface area contributed by atoms with Gasteiger partial charge in [0, 0.05) is 37.2 Å². The molecule has 0 heterocycles. The summed E-state index contributed by atoms with van der Waals surface area (Å²) in [5, 5.41) is 15.2. The third kappa shape index (κ3) is 5.85. The summed E-state index contributed by atoms with van der Waals surface area (Å²) in [5.41, 5.74) is 1.70. The van der Waals surface area contributed by atoms with Crippen molar-refractivity contribution in [2.24, 2.45) is 5.41 Å². The number of aliphatic hydroxyl groups is 1. The molecule has 0 fully saturated rings. The standard InChI is InChI=1S/C15H24N2O2/c1-12-4-6-13(7-5-12)14(19)17-9-8-16-10-15(2,3)11-18/h4-7,16,18H,8-11H2,1-3H3,(H,17,19). The van der Waals surface area contributed by atoms with Crippen molar-refractivity contribution in [1.82, 2.24) is 10.6 Å². The van der Waals surface area contributed by atoms with Crippen molar-refractivity contribution in [3.05, 3.63) is 35.4 Å². The molecule has 0 saturated heterocycles. The Labute approximate surface area is 115 Å². The van der Waals surface area contributed by atoms with Crippen LogP contribution in [0.1, 0.15) is 29.8 Å². The maximum atomic E-state index is 11.8. The molecule has 3 N–H and O–H groups in total. The van der Waals surface area contributed by atoms with Gasteiger partial charge in [-0.1, -0.05) is 31.5 Å². The van der Waals surface area contributed by atoms with E-state index in [-0.39, 0.29) is 17.9 Å². The molecule has 1 amide bonds. The topological polar surface area (TPSA) is 61.4 Å². The van der Waals surface area contributed by atoms with E-state index in [0.717, 1.165) is 12.1 Å². The van der Waals surface area contributed by atoms with E-state index in [1.807, 2.05) is 45.0 Å². The van der Waals surface area contributed by atoms with Gasteiger partial charge in [-0.2, -0.15) is 0 Å². The summed E-state index contributed by atoms with van der Waals surface area (Å²) in [4.78, 5) is 11.8. The minimum absolute atomic E-state index is 0.0526. The van der Waals surface area contributed by atoms with Gasteiger partial charge in [-0.25, -0.2) is 0 Å². The van der Waals surface area contributed by atoms with Crippen LogP contribution in [0, 0.1) is 12.3 Å². The maximum absolute atomic E-state index is 11.8. The fourth-order valence-corrected chi connectivity index (χ4v) is 1.55. The number of carbonyl (C=O) groups excluding carboxylic acids is 1. The molecule has 0 unspecified atom stereocenters. The maximum Gasteiger partial charge on any atom is 0.251 e. The van der Waals surface area contributed by atoms with Crippen molar-refractivity contribution in [2.45, 2.75) is 20.8 Å². The van der Waals surface area contributed by atoms with Crippen LogP contribution in [0.2, 0.25) is 0 Å². The zero-order chi connectivity index (χ0) is 14.3. The van der Waals surface area contributed by atoms with Gasteiger partial charge in [0.15, 0.2) is 0 Å². The predicted molar refractivity (Wildman–Crippen MR) is 77.2 cm³/mol. The molecule has 0 aliphatic rings. The van der Waals surface area contributed by atoms with E-state index in [1.54, 1.807) is 0 Å². The highest BCUT2D eigenvalue weighted by Gasteiger charge is 2.15. The summed E-state index contributed by atoms with van der Waals surface area (Å²) < 4.78 is 0. The molecule has 0 saturated carbocycles.